The lowest BCUT2D eigenvalue weighted by atomic mass is 9.67. The molecular weight excluding hydrogens is 216 g/mol. The van der Waals surface area contributed by atoms with Gasteiger partial charge in [-0.3, -0.25) is 14.5 Å². The molecule has 1 heterocycles. The maximum absolute atomic E-state index is 12.2. The molecule has 3 rings (SSSR count). The van der Waals surface area contributed by atoms with Gasteiger partial charge in [-0.15, -0.1) is 0 Å². The Kier molecular flexibility index (Phi) is 2.51. The Labute approximate surface area is 102 Å². The maximum atomic E-state index is 12.2. The van der Waals surface area contributed by atoms with Crippen molar-refractivity contribution in [2.45, 2.75) is 63.5 Å². The summed E-state index contributed by atoms with van der Waals surface area (Å²) in [5.74, 6) is 0.0576. The number of rotatable bonds is 1. The summed E-state index contributed by atoms with van der Waals surface area (Å²) in [6.07, 6.45) is 7.63. The Morgan fingerprint density at radius 2 is 1.59 bits per heavy atom. The Morgan fingerprint density at radius 3 is 2.06 bits per heavy atom. The fraction of sp³-hybridized carbons (Fsp3) is 0.846. The van der Waals surface area contributed by atoms with Crippen LogP contribution in [0.15, 0.2) is 0 Å². The van der Waals surface area contributed by atoms with E-state index in [2.05, 4.69) is 0 Å². The molecule has 0 bridgehead atoms. The molecule has 4 nitrogen and oxygen atoms in total. The van der Waals surface area contributed by atoms with Crippen LogP contribution in [0.5, 0.6) is 0 Å². The molecule has 2 unspecified atom stereocenters. The number of nitrogens with zero attached hydrogens (tertiary/aromatic N) is 1. The summed E-state index contributed by atoms with van der Waals surface area (Å²) in [6.45, 7) is 0. The van der Waals surface area contributed by atoms with E-state index >= 15 is 0 Å². The predicted molar refractivity (Wildman–Crippen MR) is 63.0 cm³/mol. The van der Waals surface area contributed by atoms with Crippen LogP contribution in [-0.2, 0) is 9.59 Å². The summed E-state index contributed by atoms with van der Waals surface area (Å²) in [4.78, 5) is 25.8. The van der Waals surface area contributed by atoms with E-state index in [9.17, 15) is 9.59 Å². The smallest absolute Gasteiger partial charge is 0.230 e. The number of carbonyl (C=O) groups excluding carboxylic acids is 2. The number of amides is 2. The molecule has 2 amide bonds. The van der Waals surface area contributed by atoms with Gasteiger partial charge in [0.25, 0.3) is 0 Å². The summed E-state index contributed by atoms with van der Waals surface area (Å²) >= 11 is 0. The molecule has 94 valence electrons. The Morgan fingerprint density at radius 1 is 1.06 bits per heavy atom. The van der Waals surface area contributed by atoms with E-state index in [0.29, 0.717) is 12.8 Å². The van der Waals surface area contributed by atoms with Crippen molar-refractivity contribution in [2.75, 3.05) is 0 Å². The molecule has 4 heteroatoms. The third-order valence-corrected chi connectivity index (χ3v) is 4.64. The summed E-state index contributed by atoms with van der Waals surface area (Å²) in [5, 5.41) is 0. The highest BCUT2D eigenvalue weighted by molar-refractivity contribution is 5.99. The lowest BCUT2D eigenvalue weighted by Crippen LogP contribution is -2.50. The fourth-order valence-electron chi connectivity index (χ4n) is 3.54. The van der Waals surface area contributed by atoms with Crippen LogP contribution in [0.2, 0.25) is 0 Å². The van der Waals surface area contributed by atoms with Gasteiger partial charge in [-0.1, -0.05) is 19.3 Å². The average molecular weight is 236 g/mol. The van der Waals surface area contributed by atoms with E-state index in [1.54, 1.807) is 0 Å². The predicted octanol–water partition coefficient (Wildman–Crippen LogP) is 1.19. The van der Waals surface area contributed by atoms with Gasteiger partial charge in [-0.05, 0) is 24.7 Å². The number of carbonyl (C=O) groups is 2. The van der Waals surface area contributed by atoms with Crippen molar-refractivity contribution in [3.63, 3.8) is 0 Å². The summed E-state index contributed by atoms with van der Waals surface area (Å²) in [6, 6.07) is 0.0410. The van der Waals surface area contributed by atoms with Crippen LogP contribution >= 0.6 is 0 Å². The number of hydrogen-bond acceptors (Lipinski definition) is 3. The van der Waals surface area contributed by atoms with Crippen molar-refractivity contribution in [2.24, 2.45) is 11.1 Å². The van der Waals surface area contributed by atoms with Crippen molar-refractivity contribution in [1.29, 1.82) is 0 Å². The average Bonchev–Trinajstić information content (AvgIpc) is 2.95. The first kappa shape index (κ1) is 11.2. The summed E-state index contributed by atoms with van der Waals surface area (Å²) in [7, 11) is 0. The van der Waals surface area contributed by atoms with E-state index in [-0.39, 0.29) is 29.3 Å². The molecule has 1 saturated heterocycles. The molecule has 0 radical (unpaired) electrons. The van der Waals surface area contributed by atoms with Crippen LogP contribution in [0.1, 0.15) is 51.4 Å². The SMILES string of the molecule is NC1CC1N1C(=O)CC2(CCCCC2)CC1=O. The minimum absolute atomic E-state index is 0.00189. The van der Waals surface area contributed by atoms with Crippen molar-refractivity contribution in [3.8, 4) is 0 Å². The molecule has 2 atom stereocenters. The van der Waals surface area contributed by atoms with Gasteiger partial charge in [0.1, 0.15) is 0 Å². The zero-order valence-corrected chi connectivity index (χ0v) is 10.2. The fourth-order valence-corrected chi connectivity index (χ4v) is 3.54. The van der Waals surface area contributed by atoms with Gasteiger partial charge >= 0.3 is 0 Å². The van der Waals surface area contributed by atoms with E-state index in [0.717, 1.165) is 19.3 Å². The second kappa shape index (κ2) is 3.80. The van der Waals surface area contributed by atoms with Gasteiger partial charge < -0.3 is 5.73 Å². The molecule has 1 spiro atoms. The highest BCUT2D eigenvalue weighted by Gasteiger charge is 2.51. The largest absolute Gasteiger partial charge is 0.326 e. The maximum Gasteiger partial charge on any atom is 0.230 e. The second-order valence-corrected chi connectivity index (χ2v) is 6.04. The molecule has 2 N–H and O–H groups in total. The summed E-state index contributed by atoms with van der Waals surface area (Å²) in [5.41, 5.74) is 5.75. The van der Waals surface area contributed by atoms with Gasteiger partial charge in [-0.25, -0.2) is 0 Å². The van der Waals surface area contributed by atoms with Gasteiger partial charge in [0.15, 0.2) is 0 Å². The Balaban J connectivity index is 1.75. The molecule has 0 aromatic heterocycles. The third kappa shape index (κ3) is 1.88. The topological polar surface area (TPSA) is 63.4 Å². The van der Waals surface area contributed by atoms with Crippen LogP contribution < -0.4 is 5.73 Å². The molecule has 3 aliphatic rings. The van der Waals surface area contributed by atoms with Crippen LogP contribution in [-0.4, -0.2) is 28.8 Å². The van der Waals surface area contributed by atoms with Gasteiger partial charge in [0, 0.05) is 18.9 Å². The second-order valence-electron chi connectivity index (χ2n) is 6.04. The molecular formula is C13H20N2O2. The molecule has 2 saturated carbocycles. The first-order chi connectivity index (χ1) is 8.11. The van der Waals surface area contributed by atoms with Crippen LogP contribution in [0.3, 0.4) is 0 Å². The number of hydrogen-bond donors (Lipinski definition) is 1. The van der Waals surface area contributed by atoms with Gasteiger partial charge in [0.2, 0.25) is 11.8 Å². The number of nitrogens with two attached hydrogens (primary N) is 1. The Bertz CT molecular complexity index is 340. The molecule has 17 heavy (non-hydrogen) atoms. The highest BCUT2D eigenvalue weighted by atomic mass is 16.2. The lowest BCUT2D eigenvalue weighted by Gasteiger charge is -2.42. The van der Waals surface area contributed by atoms with Crippen molar-refractivity contribution >= 4 is 11.8 Å². The zero-order valence-electron chi connectivity index (χ0n) is 10.2. The number of likely N-dealkylation sites (tertiary alicyclic amines) is 1. The number of imide groups is 1. The highest BCUT2D eigenvalue weighted by Crippen LogP contribution is 2.46. The minimum Gasteiger partial charge on any atom is -0.326 e. The standard InChI is InChI=1S/C13H20N2O2/c14-9-6-10(9)15-11(16)7-13(8-12(15)17)4-2-1-3-5-13/h9-10H,1-8,14H2. The quantitative estimate of drug-likeness (QED) is 0.695. The van der Waals surface area contributed by atoms with Crippen LogP contribution in [0.25, 0.3) is 0 Å². The normalized spacial score (nSPS) is 36.4. The molecule has 0 aromatic rings. The van der Waals surface area contributed by atoms with Crippen molar-refractivity contribution in [3.05, 3.63) is 0 Å². The van der Waals surface area contributed by atoms with Crippen LogP contribution in [0, 0.1) is 5.41 Å². The van der Waals surface area contributed by atoms with E-state index in [1.165, 1.54) is 24.2 Å². The lowest BCUT2D eigenvalue weighted by molar-refractivity contribution is -0.155. The summed E-state index contributed by atoms with van der Waals surface area (Å²) < 4.78 is 0. The van der Waals surface area contributed by atoms with Crippen LogP contribution in [0.4, 0.5) is 0 Å². The first-order valence-electron chi connectivity index (χ1n) is 6.72. The molecule has 3 fully saturated rings. The van der Waals surface area contributed by atoms with Crippen molar-refractivity contribution in [1.82, 2.24) is 4.90 Å². The zero-order chi connectivity index (χ0) is 12.0. The molecule has 0 aromatic carbocycles. The van der Waals surface area contributed by atoms with Gasteiger partial charge in [0.05, 0.1) is 6.04 Å². The van der Waals surface area contributed by atoms with E-state index in [1.807, 2.05) is 0 Å². The number of piperidine rings is 1. The minimum atomic E-state index is 0.00189. The van der Waals surface area contributed by atoms with Crippen molar-refractivity contribution < 1.29 is 9.59 Å². The van der Waals surface area contributed by atoms with E-state index < -0.39 is 0 Å². The molecule has 1 aliphatic heterocycles. The third-order valence-electron chi connectivity index (χ3n) is 4.64. The monoisotopic (exact) mass is 236 g/mol. The van der Waals surface area contributed by atoms with Gasteiger partial charge in [-0.2, -0.15) is 0 Å². The Hall–Kier alpha value is -0.900. The molecule has 2 aliphatic carbocycles. The van der Waals surface area contributed by atoms with E-state index in [4.69, 9.17) is 5.73 Å². The first-order valence-corrected chi connectivity index (χ1v) is 6.72.